The third-order valence-electron chi connectivity index (χ3n) is 4.53. The average Bonchev–Trinajstić information content (AvgIpc) is 2.60. The number of amides is 2. The molecule has 1 aliphatic rings. The molecule has 1 aromatic rings. The summed E-state index contributed by atoms with van der Waals surface area (Å²) in [4.78, 5) is 28.5. The number of likely N-dealkylation sites (tertiary alicyclic amines) is 1. The highest BCUT2D eigenvalue weighted by atomic mass is 16.5. The van der Waals surface area contributed by atoms with Gasteiger partial charge in [-0.1, -0.05) is 12.1 Å². The molecule has 1 saturated heterocycles. The Morgan fingerprint density at radius 1 is 1.33 bits per heavy atom. The van der Waals surface area contributed by atoms with Crippen LogP contribution in [0.3, 0.4) is 0 Å². The summed E-state index contributed by atoms with van der Waals surface area (Å²) in [6.45, 7) is 3.34. The predicted molar refractivity (Wildman–Crippen MR) is 94.1 cm³/mol. The molecule has 1 aromatic carbocycles. The van der Waals surface area contributed by atoms with Crippen LogP contribution in [0.4, 0.5) is 5.69 Å². The van der Waals surface area contributed by atoms with E-state index in [2.05, 4.69) is 10.2 Å². The maximum absolute atomic E-state index is 12.6. The quantitative estimate of drug-likeness (QED) is 0.893. The lowest BCUT2D eigenvalue weighted by atomic mass is 9.95. The van der Waals surface area contributed by atoms with Crippen molar-refractivity contribution in [1.82, 2.24) is 9.80 Å². The summed E-state index contributed by atoms with van der Waals surface area (Å²) < 4.78 is 5.27. The van der Waals surface area contributed by atoms with E-state index in [1.165, 1.54) is 0 Å². The van der Waals surface area contributed by atoms with Crippen molar-refractivity contribution < 1.29 is 14.3 Å². The van der Waals surface area contributed by atoms with E-state index in [9.17, 15) is 9.59 Å². The van der Waals surface area contributed by atoms with Gasteiger partial charge in [0, 0.05) is 20.6 Å². The van der Waals surface area contributed by atoms with Crippen molar-refractivity contribution in [3.63, 3.8) is 0 Å². The number of hydrogen-bond acceptors (Lipinski definition) is 4. The van der Waals surface area contributed by atoms with Gasteiger partial charge in [-0.25, -0.2) is 0 Å². The van der Waals surface area contributed by atoms with Gasteiger partial charge in [-0.3, -0.25) is 14.5 Å². The van der Waals surface area contributed by atoms with Crippen LogP contribution >= 0.6 is 0 Å². The van der Waals surface area contributed by atoms with Gasteiger partial charge in [0.25, 0.3) is 0 Å². The van der Waals surface area contributed by atoms with E-state index in [4.69, 9.17) is 4.74 Å². The fourth-order valence-corrected chi connectivity index (χ4v) is 3.08. The number of nitrogens with one attached hydrogen (secondary N) is 1. The smallest absolute Gasteiger partial charge is 0.241 e. The first kappa shape index (κ1) is 18.3. The molecule has 6 heteroatoms. The molecular formula is C18H27N3O3. The van der Waals surface area contributed by atoms with Gasteiger partial charge in [-0.2, -0.15) is 0 Å². The van der Waals surface area contributed by atoms with Crippen LogP contribution in [0.1, 0.15) is 19.8 Å². The highest BCUT2D eigenvalue weighted by molar-refractivity contribution is 5.95. The maximum Gasteiger partial charge on any atom is 0.241 e. The van der Waals surface area contributed by atoms with Crippen molar-refractivity contribution >= 4 is 17.5 Å². The molecule has 2 atom stereocenters. The summed E-state index contributed by atoms with van der Waals surface area (Å²) >= 11 is 0. The van der Waals surface area contributed by atoms with Gasteiger partial charge < -0.3 is 15.0 Å². The van der Waals surface area contributed by atoms with Crippen LogP contribution in [0.15, 0.2) is 24.3 Å². The molecule has 132 valence electrons. The lowest BCUT2D eigenvalue weighted by molar-refractivity contribution is -0.136. The SMILES string of the molecule is COc1ccccc1NC(=O)C(C)N1CCCC(C(=O)N(C)C)C1. The lowest BCUT2D eigenvalue weighted by Gasteiger charge is -2.36. The van der Waals surface area contributed by atoms with Crippen LogP contribution in [0.2, 0.25) is 0 Å². The minimum Gasteiger partial charge on any atom is -0.495 e. The predicted octanol–water partition coefficient (Wildman–Crippen LogP) is 1.82. The zero-order valence-corrected chi connectivity index (χ0v) is 14.9. The van der Waals surface area contributed by atoms with Crippen LogP contribution in [0.5, 0.6) is 5.75 Å². The molecule has 2 amide bonds. The van der Waals surface area contributed by atoms with Gasteiger partial charge in [0.1, 0.15) is 5.75 Å². The Morgan fingerprint density at radius 3 is 2.71 bits per heavy atom. The molecule has 1 N–H and O–H groups in total. The minimum atomic E-state index is -0.298. The van der Waals surface area contributed by atoms with Crippen molar-refractivity contribution in [3.05, 3.63) is 24.3 Å². The minimum absolute atomic E-state index is 0.0322. The van der Waals surface area contributed by atoms with Gasteiger partial charge in [0.15, 0.2) is 0 Å². The molecular weight excluding hydrogens is 306 g/mol. The number of ether oxygens (including phenoxy) is 1. The van der Waals surface area contributed by atoms with Crippen LogP contribution in [0.25, 0.3) is 0 Å². The molecule has 0 bridgehead atoms. The van der Waals surface area contributed by atoms with Crippen molar-refractivity contribution in [2.75, 3.05) is 39.6 Å². The number of rotatable bonds is 5. The van der Waals surface area contributed by atoms with E-state index in [1.54, 1.807) is 26.1 Å². The third kappa shape index (κ3) is 4.26. The summed E-state index contributed by atoms with van der Waals surface area (Å²) in [7, 11) is 5.13. The second-order valence-electron chi connectivity index (χ2n) is 6.43. The number of hydrogen-bond donors (Lipinski definition) is 1. The summed E-state index contributed by atoms with van der Waals surface area (Å²) in [6.07, 6.45) is 1.81. The van der Waals surface area contributed by atoms with E-state index in [1.807, 2.05) is 31.2 Å². The summed E-state index contributed by atoms with van der Waals surface area (Å²) in [5.74, 6) is 0.655. The third-order valence-corrected chi connectivity index (χ3v) is 4.53. The lowest BCUT2D eigenvalue weighted by Crippen LogP contribution is -2.49. The molecule has 0 aliphatic carbocycles. The molecule has 0 spiro atoms. The van der Waals surface area contributed by atoms with Gasteiger partial charge >= 0.3 is 0 Å². The van der Waals surface area contributed by atoms with E-state index in [0.29, 0.717) is 18.0 Å². The molecule has 6 nitrogen and oxygen atoms in total. The van der Waals surface area contributed by atoms with Crippen LogP contribution in [-0.2, 0) is 9.59 Å². The number of nitrogens with zero attached hydrogens (tertiary/aromatic N) is 2. The van der Waals surface area contributed by atoms with E-state index in [-0.39, 0.29) is 23.8 Å². The summed E-state index contributed by atoms with van der Waals surface area (Å²) in [6, 6.07) is 7.05. The van der Waals surface area contributed by atoms with Crippen molar-refractivity contribution in [1.29, 1.82) is 0 Å². The summed E-state index contributed by atoms with van der Waals surface area (Å²) in [5, 5.41) is 2.92. The largest absolute Gasteiger partial charge is 0.495 e. The first-order valence-electron chi connectivity index (χ1n) is 8.33. The molecule has 0 radical (unpaired) electrons. The highest BCUT2D eigenvalue weighted by Crippen LogP contribution is 2.24. The Balaban J connectivity index is 2.01. The second-order valence-corrected chi connectivity index (χ2v) is 6.43. The maximum atomic E-state index is 12.6. The molecule has 2 unspecified atom stereocenters. The van der Waals surface area contributed by atoms with Gasteiger partial charge in [0.2, 0.25) is 11.8 Å². The zero-order chi connectivity index (χ0) is 17.7. The van der Waals surface area contributed by atoms with E-state index in [0.717, 1.165) is 19.4 Å². The Morgan fingerprint density at radius 2 is 2.04 bits per heavy atom. The van der Waals surface area contributed by atoms with Crippen LogP contribution in [0, 0.1) is 5.92 Å². The number of piperidine rings is 1. The molecule has 0 saturated carbocycles. The Bertz CT molecular complexity index is 589. The number of carbonyl (C=O) groups is 2. The molecule has 0 aromatic heterocycles. The summed E-state index contributed by atoms with van der Waals surface area (Å²) in [5.41, 5.74) is 0.662. The zero-order valence-electron chi connectivity index (χ0n) is 14.9. The first-order chi connectivity index (χ1) is 11.4. The van der Waals surface area contributed by atoms with Crippen molar-refractivity contribution in [2.45, 2.75) is 25.8 Å². The first-order valence-corrected chi connectivity index (χ1v) is 8.33. The highest BCUT2D eigenvalue weighted by Gasteiger charge is 2.31. The standard InChI is InChI=1S/C18H27N3O3/c1-13(17(22)19-15-9-5-6-10-16(15)24-4)21-11-7-8-14(12-21)18(23)20(2)3/h5-6,9-10,13-14H,7-8,11-12H2,1-4H3,(H,19,22). The fourth-order valence-electron chi connectivity index (χ4n) is 3.08. The topological polar surface area (TPSA) is 61.9 Å². The molecule has 1 fully saturated rings. The Labute approximate surface area is 143 Å². The molecule has 1 heterocycles. The monoisotopic (exact) mass is 333 g/mol. The average molecular weight is 333 g/mol. The van der Waals surface area contributed by atoms with E-state index < -0.39 is 0 Å². The van der Waals surface area contributed by atoms with Crippen molar-refractivity contribution in [2.24, 2.45) is 5.92 Å². The normalized spacial score (nSPS) is 19.4. The van der Waals surface area contributed by atoms with Crippen LogP contribution in [-0.4, -0.2) is 62.0 Å². The molecule has 2 rings (SSSR count). The van der Waals surface area contributed by atoms with Gasteiger partial charge in [-0.05, 0) is 38.4 Å². The Hall–Kier alpha value is -2.08. The fraction of sp³-hybridized carbons (Fsp3) is 0.556. The number of benzene rings is 1. The van der Waals surface area contributed by atoms with Gasteiger partial charge in [0.05, 0.1) is 24.8 Å². The van der Waals surface area contributed by atoms with Gasteiger partial charge in [-0.15, -0.1) is 0 Å². The number of carbonyl (C=O) groups excluding carboxylic acids is 2. The Kier molecular flexibility index (Phi) is 6.20. The molecule has 1 aliphatic heterocycles. The second kappa shape index (κ2) is 8.15. The van der Waals surface area contributed by atoms with Crippen LogP contribution < -0.4 is 10.1 Å². The van der Waals surface area contributed by atoms with E-state index >= 15 is 0 Å². The number of methoxy groups -OCH3 is 1. The number of para-hydroxylation sites is 2. The number of anilines is 1. The molecule has 24 heavy (non-hydrogen) atoms. The van der Waals surface area contributed by atoms with Crippen molar-refractivity contribution in [3.8, 4) is 5.75 Å².